The maximum Gasteiger partial charge on any atom is 0.235 e. The highest BCUT2D eigenvalue weighted by Gasteiger charge is 2.22. The largest absolute Gasteiger partial charge is 0.356 e. The molecule has 0 aliphatic heterocycles. The molecule has 6 N–H and O–H groups in total. The topological polar surface area (TPSA) is 92.5 Å². The first-order valence-electron chi connectivity index (χ1n) is 2.97. The molecule has 0 aliphatic carbocycles. The number of nitrogens with two attached hydrogens (primary N) is 2. The maximum absolute atomic E-state index is 8.94. The second-order valence-corrected chi connectivity index (χ2v) is 4.60. The molecule has 0 bridgehead atoms. The molecule has 0 saturated heterocycles. The Hall–Kier alpha value is 0.605. The number of hydrogen-bond donors (Lipinski definition) is 4. The fourth-order valence-electron chi connectivity index (χ4n) is 0.212. The van der Waals surface area contributed by atoms with Crippen molar-refractivity contribution >= 4 is 29.4 Å². The molecule has 0 rings (SSSR count). The zero-order valence-corrected chi connectivity index (χ0v) is 7.57. The second kappa shape index (κ2) is 5.29. The first kappa shape index (κ1) is 11.6. The van der Waals surface area contributed by atoms with Crippen molar-refractivity contribution < 1.29 is 10.2 Å². The van der Waals surface area contributed by atoms with Crippen LogP contribution in [0.2, 0.25) is 0 Å². The Labute approximate surface area is 74.9 Å². The molecule has 0 fully saturated rings. The van der Waals surface area contributed by atoms with Crippen molar-refractivity contribution in [2.24, 2.45) is 11.5 Å². The lowest BCUT2D eigenvalue weighted by Gasteiger charge is -2.19. The summed E-state index contributed by atoms with van der Waals surface area (Å²) in [6.07, 6.45) is 0. The first-order chi connectivity index (χ1) is 5.02. The molecule has 2 radical (unpaired) electrons. The van der Waals surface area contributed by atoms with Gasteiger partial charge in [0.25, 0.3) is 0 Å². The van der Waals surface area contributed by atoms with Gasteiger partial charge in [-0.15, -0.1) is 0 Å². The average Bonchev–Trinajstić information content (AvgIpc) is 2.00. The summed E-state index contributed by atoms with van der Waals surface area (Å²) in [6, 6.07) is 0. The van der Waals surface area contributed by atoms with Crippen LogP contribution in [0.3, 0.4) is 0 Å². The Morgan fingerprint density at radius 3 is 2.36 bits per heavy atom. The predicted octanol–water partition coefficient (Wildman–Crippen LogP) is -1.58. The van der Waals surface area contributed by atoms with Gasteiger partial charge in [0, 0.05) is 0 Å². The van der Waals surface area contributed by atoms with E-state index < -0.39 is 5.12 Å². The lowest BCUT2D eigenvalue weighted by Crippen LogP contribution is -2.33. The van der Waals surface area contributed by atoms with E-state index in [4.69, 9.17) is 29.5 Å². The van der Waals surface area contributed by atoms with Gasteiger partial charge in [0.15, 0.2) is 0 Å². The molecule has 0 amide bonds. The minimum absolute atomic E-state index is 0.234. The van der Waals surface area contributed by atoms with Crippen LogP contribution in [0, 0.1) is 0 Å². The summed E-state index contributed by atoms with van der Waals surface area (Å²) in [5.74, 6) is 0. The van der Waals surface area contributed by atoms with E-state index in [-0.39, 0.29) is 18.2 Å². The summed E-state index contributed by atoms with van der Waals surface area (Å²) in [6.45, 7) is 0.0558. The van der Waals surface area contributed by atoms with Gasteiger partial charge < -0.3 is 21.7 Å². The smallest absolute Gasteiger partial charge is 0.235 e. The summed E-state index contributed by atoms with van der Waals surface area (Å²) in [5, 5.41) is 15.7. The van der Waals surface area contributed by atoms with Crippen LogP contribution in [0.4, 0.5) is 0 Å². The van der Waals surface area contributed by atoms with E-state index in [0.29, 0.717) is 0 Å². The highest BCUT2D eigenvalue weighted by atomic mass is 33.1. The lowest BCUT2D eigenvalue weighted by molar-refractivity contribution is -0.0654. The molecular formula is C4H11BN2O2S2. The fourth-order valence-corrected chi connectivity index (χ4v) is 1.91. The van der Waals surface area contributed by atoms with Gasteiger partial charge in [0.1, 0.15) is 0 Å². The fraction of sp³-hybridized carbons (Fsp3) is 1.00. The Kier molecular flexibility index (Phi) is 5.58. The summed E-state index contributed by atoms with van der Waals surface area (Å²) in [7, 11) is 7.30. The van der Waals surface area contributed by atoms with Crippen molar-refractivity contribution in [2.75, 3.05) is 13.1 Å². The Morgan fingerprint density at radius 2 is 2.00 bits per heavy atom. The predicted molar refractivity (Wildman–Crippen MR) is 50.0 cm³/mol. The number of aliphatic hydroxyl groups is 2. The number of hydrogen-bond acceptors (Lipinski definition) is 6. The SMILES string of the molecule is [B]C(CN)SSC(O)(O)CN. The maximum atomic E-state index is 8.94. The van der Waals surface area contributed by atoms with E-state index in [1.807, 2.05) is 0 Å². The van der Waals surface area contributed by atoms with Crippen molar-refractivity contribution in [1.82, 2.24) is 0 Å². The van der Waals surface area contributed by atoms with E-state index in [9.17, 15) is 0 Å². The Bertz CT molecular complexity index is 116. The zero-order chi connectivity index (χ0) is 8.91. The standard InChI is InChI=1S/C4H11BN2O2S2/c5-3(1-6)10-11-4(8,9)2-7/h3,8-9H,1-2,6-7H2. The van der Waals surface area contributed by atoms with Crippen LogP contribution in [0.5, 0.6) is 0 Å². The van der Waals surface area contributed by atoms with Gasteiger partial charge in [-0.25, -0.2) is 0 Å². The lowest BCUT2D eigenvalue weighted by atomic mass is 10.1. The normalized spacial score (nSPS) is 14.9. The van der Waals surface area contributed by atoms with Gasteiger partial charge in [0.2, 0.25) is 5.12 Å². The molecule has 11 heavy (non-hydrogen) atoms. The van der Waals surface area contributed by atoms with Crippen LogP contribution in [0.15, 0.2) is 0 Å². The van der Waals surface area contributed by atoms with E-state index in [1.54, 1.807) is 0 Å². The molecule has 0 heterocycles. The van der Waals surface area contributed by atoms with Crippen molar-refractivity contribution in [3.8, 4) is 0 Å². The van der Waals surface area contributed by atoms with Crippen LogP contribution in [-0.4, -0.2) is 41.4 Å². The van der Waals surface area contributed by atoms with Gasteiger partial charge in [-0.2, -0.15) is 0 Å². The van der Waals surface area contributed by atoms with Crippen molar-refractivity contribution in [1.29, 1.82) is 0 Å². The summed E-state index contributed by atoms with van der Waals surface area (Å²) in [4.78, 5) is 0. The molecule has 0 saturated carbocycles. The van der Waals surface area contributed by atoms with Gasteiger partial charge in [-0.1, -0.05) is 10.8 Å². The Balaban J connectivity index is 3.52. The van der Waals surface area contributed by atoms with Gasteiger partial charge in [-0.05, 0) is 22.5 Å². The van der Waals surface area contributed by atoms with E-state index in [0.717, 1.165) is 21.6 Å². The van der Waals surface area contributed by atoms with Crippen LogP contribution in [0.1, 0.15) is 0 Å². The monoisotopic (exact) mass is 194 g/mol. The van der Waals surface area contributed by atoms with E-state index >= 15 is 0 Å². The van der Waals surface area contributed by atoms with E-state index in [1.165, 1.54) is 0 Å². The molecule has 64 valence electrons. The second-order valence-electron chi connectivity index (χ2n) is 1.90. The molecular weight excluding hydrogens is 183 g/mol. The van der Waals surface area contributed by atoms with Crippen molar-refractivity contribution in [3.05, 3.63) is 0 Å². The van der Waals surface area contributed by atoms with Crippen molar-refractivity contribution in [3.63, 3.8) is 0 Å². The molecule has 0 aromatic carbocycles. The van der Waals surface area contributed by atoms with Gasteiger partial charge in [-0.3, -0.25) is 0 Å². The van der Waals surface area contributed by atoms with Crippen LogP contribution in [0.25, 0.3) is 0 Å². The van der Waals surface area contributed by atoms with Gasteiger partial charge in [0.05, 0.1) is 14.4 Å². The molecule has 0 aromatic heterocycles. The summed E-state index contributed by atoms with van der Waals surface area (Å²) >= 11 is 0. The zero-order valence-electron chi connectivity index (χ0n) is 5.93. The van der Waals surface area contributed by atoms with Crippen LogP contribution >= 0.6 is 21.6 Å². The van der Waals surface area contributed by atoms with Crippen LogP contribution < -0.4 is 11.5 Å². The molecule has 7 heteroatoms. The molecule has 0 spiro atoms. The third-order valence-corrected chi connectivity index (χ3v) is 3.60. The Morgan fingerprint density at radius 1 is 1.45 bits per heavy atom. The van der Waals surface area contributed by atoms with Crippen molar-refractivity contribution in [2.45, 2.75) is 10.3 Å². The van der Waals surface area contributed by atoms with Gasteiger partial charge >= 0.3 is 0 Å². The highest BCUT2D eigenvalue weighted by molar-refractivity contribution is 8.77. The number of rotatable bonds is 5. The minimum Gasteiger partial charge on any atom is -0.356 e. The third-order valence-electron chi connectivity index (χ3n) is 0.803. The van der Waals surface area contributed by atoms with E-state index in [2.05, 4.69) is 0 Å². The summed E-state index contributed by atoms with van der Waals surface area (Å²) < 4.78 is 0. The molecule has 1 unspecified atom stereocenters. The molecule has 4 nitrogen and oxygen atoms in total. The summed E-state index contributed by atoms with van der Waals surface area (Å²) in [5.41, 5.74) is 10.2. The third kappa shape index (κ3) is 5.83. The highest BCUT2D eigenvalue weighted by Crippen LogP contribution is 2.33. The minimum atomic E-state index is -1.91. The molecule has 0 aliphatic rings. The molecule has 1 atom stereocenters. The average molecular weight is 194 g/mol. The van der Waals surface area contributed by atoms with Crippen LogP contribution in [-0.2, 0) is 0 Å². The molecule has 0 aromatic rings. The quantitative estimate of drug-likeness (QED) is 0.240. The first-order valence-corrected chi connectivity index (χ1v) is 5.18.